The molecule has 3 rings (SSSR count). The minimum Gasteiger partial charge on any atom is -0.392 e. The fraction of sp³-hybridized carbons (Fsp3) is 0.158. The highest BCUT2D eigenvalue weighted by atomic mass is 16.6. The highest BCUT2D eigenvalue weighted by molar-refractivity contribution is 5.86. The van der Waals surface area contributed by atoms with Crippen LogP contribution in [0.2, 0.25) is 0 Å². The number of oxime groups is 1. The van der Waals surface area contributed by atoms with Crippen LogP contribution in [0.15, 0.2) is 64.6 Å². The van der Waals surface area contributed by atoms with Crippen molar-refractivity contribution in [3.05, 3.63) is 81.8 Å². The van der Waals surface area contributed by atoms with Gasteiger partial charge in [-0.15, -0.1) is 0 Å². The lowest BCUT2D eigenvalue weighted by Crippen LogP contribution is -2.23. The van der Waals surface area contributed by atoms with Gasteiger partial charge in [-0.25, -0.2) is 4.79 Å². The standard InChI is InChI=1S/C19H19N5O2/c1-15-8-6-12-18(24-19(25)23(2)21-22-24)17(15)14-20-26-13-7-11-16-9-4-3-5-10-16/h3-12,14H,13H2,1-2H3/b11-7+,20-14?. The summed E-state index contributed by atoms with van der Waals surface area (Å²) in [7, 11) is 1.55. The first-order valence-corrected chi connectivity index (χ1v) is 8.13. The van der Waals surface area contributed by atoms with Crippen LogP contribution in [-0.2, 0) is 11.9 Å². The third-order valence-corrected chi connectivity index (χ3v) is 3.79. The lowest BCUT2D eigenvalue weighted by atomic mass is 10.1. The number of benzene rings is 2. The molecule has 0 amide bonds. The van der Waals surface area contributed by atoms with Gasteiger partial charge in [-0.3, -0.25) is 0 Å². The third kappa shape index (κ3) is 3.94. The Morgan fingerprint density at radius 3 is 2.65 bits per heavy atom. The van der Waals surface area contributed by atoms with Crippen LogP contribution >= 0.6 is 0 Å². The molecule has 0 atom stereocenters. The monoisotopic (exact) mass is 349 g/mol. The van der Waals surface area contributed by atoms with Crippen molar-refractivity contribution >= 4 is 12.3 Å². The maximum absolute atomic E-state index is 12.1. The first kappa shape index (κ1) is 17.3. The molecule has 0 radical (unpaired) electrons. The Morgan fingerprint density at radius 2 is 1.92 bits per heavy atom. The first-order valence-electron chi connectivity index (χ1n) is 8.13. The van der Waals surface area contributed by atoms with Crippen LogP contribution < -0.4 is 5.69 Å². The van der Waals surface area contributed by atoms with Crippen LogP contribution in [0.3, 0.4) is 0 Å². The van der Waals surface area contributed by atoms with E-state index in [1.54, 1.807) is 19.3 Å². The molecule has 0 fully saturated rings. The SMILES string of the molecule is Cc1cccc(-n2nnn(C)c2=O)c1C=NOC/C=C/c1ccccc1. The molecule has 0 bridgehead atoms. The van der Waals surface area contributed by atoms with Crippen molar-refractivity contribution in [3.8, 4) is 5.69 Å². The van der Waals surface area contributed by atoms with E-state index in [1.165, 1.54) is 9.36 Å². The van der Waals surface area contributed by atoms with Crippen LogP contribution in [0.4, 0.5) is 0 Å². The van der Waals surface area contributed by atoms with E-state index in [1.807, 2.05) is 61.5 Å². The van der Waals surface area contributed by atoms with Crippen LogP contribution in [0.5, 0.6) is 0 Å². The number of nitrogens with zero attached hydrogens (tertiary/aromatic N) is 5. The van der Waals surface area contributed by atoms with Crippen molar-refractivity contribution in [2.45, 2.75) is 6.92 Å². The van der Waals surface area contributed by atoms with Gasteiger partial charge in [-0.2, -0.15) is 9.36 Å². The minimum atomic E-state index is -0.322. The summed E-state index contributed by atoms with van der Waals surface area (Å²) in [6, 6.07) is 15.5. The van der Waals surface area contributed by atoms with Crippen molar-refractivity contribution < 1.29 is 4.84 Å². The van der Waals surface area contributed by atoms with Gasteiger partial charge in [0.1, 0.15) is 6.61 Å². The molecule has 1 heterocycles. The molecule has 0 unspecified atom stereocenters. The van der Waals surface area contributed by atoms with Gasteiger partial charge in [0.15, 0.2) is 0 Å². The van der Waals surface area contributed by atoms with Gasteiger partial charge in [0.2, 0.25) is 0 Å². The van der Waals surface area contributed by atoms with Gasteiger partial charge in [0.05, 0.1) is 11.9 Å². The normalized spacial score (nSPS) is 11.5. The molecule has 132 valence electrons. The Labute approximate surface area is 150 Å². The van der Waals surface area contributed by atoms with Gasteiger partial charge < -0.3 is 4.84 Å². The number of aromatic nitrogens is 4. The second-order valence-corrected chi connectivity index (χ2v) is 5.65. The summed E-state index contributed by atoms with van der Waals surface area (Å²) < 4.78 is 2.41. The molecular weight excluding hydrogens is 330 g/mol. The Kier molecular flexibility index (Phi) is 5.38. The Balaban J connectivity index is 1.71. The first-order chi connectivity index (χ1) is 12.7. The lowest BCUT2D eigenvalue weighted by Gasteiger charge is -2.06. The zero-order valence-corrected chi connectivity index (χ0v) is 14.6. The number of aryl methyl sites for hydroxylation is 2. The van der Waals surface area contributed by atoms with Crippen molar-refractivity contribution in [2.24, 2.45) is 12.2 Å². The van der Waals surface area contributed by atoms with E-state index in [0.717, 1.165) is 16.7 Å². The molecule has 0 saturated carbocycles. The van der Waals surface area contributed by atoms with Gasteiger partial charge in [-0.1, -0.05) is 53.7 Å². The molecular formula is C19H19N5O2. The van der Waals surface area contributed by atoms with Gasteiger partial charge in [0.25, 0.3) is 0 Å². The van der Waals surface area contributed by atoms with E-state index in [0.29, 0.717) is 12.3 Å². The lowest BCUT2D eigenvalue weighted by molar-refractivity contribution is 0.177. The van der Waals surface area contributed by atoms with Crippen molar-refractivity contribution in [3.63, 3.8) is 0 Å². The van der Waals surface area contributed by atoms with Crippen molar-refractivity contribution in [1.29, 1.82) is 0 Å². The van der Waals surface area contributed by atoms with Gasteiger partial charge >= 0.3 is 5.69 Å². The van der Waals surface area contributed by atoms with E-state index >= 15 is 0 Å². The maximum atomic E-state index is 12.1. The second-order valence-electron chi connectivity index (χ2n) is 5.65. The molecule has 0 spiro atoms. The molecule has 0 N–H and O–H groups in total. The van der Waals surface area contributed by atoms with E-state index in [2.05, 4.69) is 15.6 Å². The predicted octanol–water partition coefficient (Wildman–Crippen LogP) is 2.34. The smallest absolute Gasteiger partial charge is 0.368 e. The second kappa shape index (κ2) is 8.06. The zero-order chi connectivity index (χ0) is 18.4. The summed E-state index contributed by atoms with van der Waals surface area (Å²) >= 11 is 0. The summed E-state index contributed by atoms with van der Waals surface area (Å²) in [5.41, 5.74) is 3.09. The summed E-state index contributed by atoms with van der Waals surface area (Å²) in [6.45, 7) is 2.28. The van der Waals surface area contributed by atoms with E-state index in [4.69, 9.17) is 4.84 Å². The fourth-order valence-corrected chi connectivity index (χ4v) is 2.41. The Bertz CT molecular complexity index is 987. The average Bonchev–Trinajstić information content (AvgIpc) is 2.99. The molecule has 1 aromatic heterocycles. The average molecular weight is 349 g/mol. The summed E-state index contributed by atoms with van der Waals surface area (Å²) in [5.74, 6) is 0. The molecule has 0 aliphatic carbocycles. The van der Waals surface area contributed by atoms with E-state index in [-0.39, 0.29) is 5.69 Å². The number of hydrogen-bond donors (Lipinski definition) is 0. The van der Waals surface area contributed by atoms with Crippen molar-refractivity contribution in [1.82, 2.24) is 19.8 Å². The highest BCUT2D eigenvalue weighted by Crippen LogP contribution is 2.14. The molecule has 0 aliphatic rings. The maximum Gasteiger partial charge on any atom is 0.368 e. The Hall–Kier alpha value is -3.48. The predicted molar refractivity (Wildman–Crippen MR) is 100 cm³/mol. The van der Waals surface area contributed by atoms with Crippen LogP contribution in [-0.4, -0.2) is 32.6 Å². The minimum absolute atomic E-state index is 0.322. The molecule has 0 aliphatic heterocycles. The molecule has 7 heteroatoms. The highest BCUT2D eigenvalue weighted by Gasteiger charge is 2.11. The van der Waals surface area contributed by atoms with Crippen LogP contribution in [0, 0.1) is 6.92 Å². The zero-order valence-electron chi connectivity index (χ0n) is 14.6. The van der Waals surface area contributed by atoms with E-state index in [9.17, 15) is 4.79 Å². The molecule has 0 saturated heterocycles. The molecule has 26 heavy (non-hydrogen) atoms. The number of hydrogen-bond acceptors (Lipinski definition) is 5. The summed E-state index contributed by atoms with van der Waals surface area (Å²) in [4.78, 5) is 17.4. The molecule has 3 aromatic rings. The largest absolute Gasteiger partial charge is 0.392 e. The van der Waals surface area contributed by atoms with Crippen LogP contribution in [0.1, 0.15) is 16.7 Å². The van der Waals surface area contributed by atoms with Gasteiger partial charge in [-0.05, 0) is 40.6 Å². The number of tetrazole rings is 1. The quantitative estimate of drug-likeness (QED) is 0.389. The summed E-state index contributed by atoms with van der Waals surface area (Å²) in [5, 5.41) is 11.6. The van der Waals surface area contributed by atoms with Crippen LogP contribution in [0.25, 0.3) is 11.8 Å². The topological polar surface area (TPSA) is 74.3 Å². The Morgan fingerprint density at radius 1 is 1.12 bits per heavy atom. The molecule has 7 nitrogen and oxygen atoms in total. The molecule has 2 aromatic carbocycles. The summed E-state index contributed by atoms with van der Waals surface area (Å²) in [6.07, 6.45) is 5.44. The van der Waals surface area contributed by atoms with Gasteiger partial charge in [0, 0.05) is 12.6 Å². The fourth-order valence-electron chi connectivity index (χ4n) is 2.41. The third-order valence-electron chi connectivity index (χ3n) is 3.79. The van der Waals surface area contributed by atoms with E-state index < -0.39 is 0 Å². The number of rotatable bonds is 6. The van der Waals surface area contributed by atoms with Crippen molar-refractivity contribution in [2.75, 3.05) is 6.61 Å².